The summed E-state index contributed by atoms with van der Waals surface area (Å²) in [6.45, 7) is 0.414. The molecule has 4 aliphatic rings. The molecule has 5 rings (SSSR count). The van der Waals surface area contributed by atoms with Crippen LogP contribution in [0.25, 0.3) is 0 Å². The van der Waals surface area contributed by atoms with Crippen LogP contribution in [0.1, 0.15) is 57.8 Å². The van der Waals surface area contributed by atoms with Crippen molar-refractivity contribution in [2.75, 3.05) is 18.5 Å². The fourth-order valence-electron chi connectivity index (χ4n) is 6.66. The van der Waals surface area contributed by atoms with Gasteiger partial charge in [-0.25, -0.2) is 0 Å². The van der Waals surface area contributed by atoms with Crippen LogP contribution < -0.4 is 10.6 Å². The first-order valence-electron chi connectivity index (χ1n) is 12.8. The molecule has 1 spiro atoms. The van der Waals surface area contributed by atoms with E-state index >= 15 is 0 Å². The van der Waals surface area contributed by atoms with Crippen molar-refractivity contribution in [2.24, 2.45) is 11.8 Å². The van der Waals surface area contributed by atoms with Gasteiger partial charge in [-0.05, 0) is 50.7 Å². The Kier molecular flexibility index (Phi) is 6.62. The van der Waals surface area contributed by atoms with Gasteiger partial charge in [0.15, 0.2) is 0 Å². The van der Waals surface area contributed by atoms with Gasteiger partial charge in [-0.1, -0.05) is 37.5 Å². The summed E-state index contributed by atoms with van der Waals surface area (Å²) in [6.07, 6.45) is 7.36. The van der Waals surface area contributed by atoms with E-state index in [4.69, 9.17) is 4.74 Å². The van der Waals surface area contributed by atoms with Crippen molar-refractivity contribution >= 4 is 23.4 Å². The number of hydrogen-bond acceptors (Lipinski definition) is 5. The normalized spacial score (nSPS) is 32.6. The molecule has 1 aromatic rings. The van der Waals surface area contributed by atoms with E-state index in [-0.39, 0.29) is 36.5 Å². The number of anilines is 1. The Hall–Kier alpha value is -2.45. The first-order valence-corrected chi connectivity index (χ1v) is 12.8. The van der Waals surface area contributed by atoms with E-state index in [1.54, 1.807) is 4.90 Å². The summed E-state index contributed by atoms with van der Waals surface area (Å²) in [5.74, 6) is -1.83. The highest BCUT2D eigenvalue weighted by molar-refractivity contribution is 6.02. The molecule has 8 nitrogen and oxygen atoms in total. The average molecular weight is 470 g/mol. The monoisotopic (exact) mass is 469 g/mol. The minimum atomic E-state index is -0.960. The van der Waals surface area contributed by atoms with Gasteiger partial charge < -0.3 is 25.4 Å². The Balaban J connectivity index is 1.41. The van der Waals surface area contributed by atoms with Crippen LogP contribution in [-0.2, 0) is 19.1 Å². The van der Waals surface area contributed by atoms with Crippen LogP contribution in [0.15, 0.2) is 30.3 Å². The lowest BCUT2D eigenvalue weighted by molar-refractivity contribution is -0.142. The summed E-state index contributed by atoms with van der Waals surface area (Å²) in [5.41, 5.74) is -0.278. The van der Waals surface area contributed by atoms with Crippen LogP contribution in [0.3, 0.4) is 0 Å². The van der Waals surface area contributed by atoms with Crippen LogP contribution in [0.2, 0.25) is 0 Å². The van der Waals surface area contributed by atoms with Crippen molar-refractivity contribution in [2.45, 2.75) is 81.6 Å². The highest BCUT2D eigenvalue weighted by atomic mass is 16.5. The topological polar surface area (TPSA) is 108 Å². The molecule has 8 heteroatoms. The number of fused-ring (bicyclic) bond motifs is 1. The van der Waals surface area contributed by atoms with Crippen LogP contribution in [0, 0.1) is 11.8 Å². The first-order chi connectivity index (χ1) is 16.5. The summed E-state index contributed by atoms with van der Waals surface area (Å²) in [6, 6.07) is 8.62. The number of unbranched alkanes of at least 4 members (excludes halogenated alkanes) is 1. The molecule has 2 unspecified atom stereocenters. The molecule has 3 heterocycles. The Labute approximate surface area is 200 Å². The van der Waals surface area contributed by atoms with Crippen LogP contribution >= 0.6 is 0 Å². The number of amides is 3. The first kappa shape index (κ1) is 23.3. The fraction of sp³-hybridized carbons (Fsp3) is 0.654. The summed E-state index contributed by atoms with van der Waals surface area (Å²) in [5, 5.41) is 15.4. The Bertz CT molecular complexity index is 918. The summed E-state index contributed by atoms with van der Waals surface area (Å²) < 4.78 is 6.45. The van der Waals surface area contributed by atoms with Gasteiger partial charge in [-0.2, -0.15) is 0 Å². The van der Waals surface area contributed by atoms with Crippen molar-refractivity contribution in [3.8, 4) is 0 Å². The predicted octanol–water partition coefficient (Wildman–Crippen LogP) is 2.22. The molecule has 5 atom stereocenters. The number of nitrogens with zero attached hydrogens (tertiary/aromatic N) is 1. The molecule has 3 N–H and O–H groups in total. The van der Waals surface area contributed by atoms with Crippen LogP contribution in [0.5, 0.6) is 0 Å². The number of aliphatic hydroxyl groups is 1. The number of carbonyl (C=O) groups is 3. The third-order valence-electron chi connectivity index (χ3n) is 8.15. The summed E-state index contributed by atoms with van der Waals surface area (Å²) >= 11 is 0. The molecular formula is C26H35N3O5. The number of ether oxygens (including phenoxy) is 1. The smallest absolute Gasteiger partial charge is 0.246 e. The number of likely N-dealkylation sites (tertiary alicyclic amines) is 1. The molecule has 34 heavy (non-hydrogen) atoms. The molecule has 3 aliphatic heterocycles. The lowest BCUT2D eigenvalue weighted by Crippen LogP contribution is -2.57. The molecule has 3 saturated heterocycles. The highest BCUT2D eigenvalue weighted by Gasteiger charge is 2.74. The van der Waals surface area contributed by atoms with Crippen molar-refractivity contribution in [3.63, 3.8) is 0 Å². The van der Waals surface area contributed by atoms with Gasteiger partial charge in [0.2, 0.25) is 17.7 Å². The Morgan fingerprint density at radius 3 is 2.56 bits per heavy atom. The van der Waals surface area contributed by atoms with Gasteiger partial charge in [0, 0.05) is 24.9 Å². The zero-order valence-electron chi connectivity index (χ0n) is 19.6. The minimum absolute atomic E-state index is 0.0379. The molecule has 1 aliphatic carbocycles. The number of carbonyl (C=O) groups excluding carboxylic acids is 3. The van der Waals surface area contributed by atoms with Gasteiger partial charge in [0.05, 0.1) is 17.9 Å². The van der Waals surface area contributed by atoms with E-state index in [0.29, 0.717) is 37.9 Å². The lowest BCUT2D eigenvalue weighted by atomic mass is 9.70. The molecule has 2 bridgehead atoms. The molecule has 0 aromatic heterocycles. The number of rotatable bonds is 8. The second-order valence-electron chi connectivity index (χ2n) is 10.2. The fourth-order valence-corrected chi connectivity index (χ4v) is 6.66. The number of para-hydroxylation sites is 1. The van der Waals surface area contributed by atoms with Crippen molar-refractivity contribution in [3.05, 3.63) is 30.3 Å². The van der Waals surface area contributed by atoms with Crippen LogP contribution in [0.4, 0.5) is 5.69 Å². The lowest BCUT2D eigenvalue weighted by Gasteiger charge is -2.35. The van der Waals surface area contributed by atoms with E-state index in [9.17, 15) is 19.5 Å². The number of aliphatic hydroxyl groups excluding tert-OH is 1. The number of hydrogen-bond donors (Lipinski definition) is 3. The molecule has 1 aromatic carbocycles. The number of nitrogens with one attached hydrogen (secondary N) is 2. The van der Waals surface area contributed by atoms with Crippen molar-refractivity contribution in [1.82, 2.24) is 10.2 Å². The highest BCUT2D eigenvalue weighted by Crippen LogP contribution is 2.58. The molecule has 184 valence electrons. The molecule has 0 radical (unpaired) electrons. The maximum atomic E-state index is 13.8. The third-order valence-corrected chi connectivity index (χ3v) is 8.15. The molecule has 4 fully saturated rings. The Morgan fingerprint density at radius 2 is 1.82 bits per heavy atom. The largest absolute Gasteiger partial charge is 0.396 e. The zero-order chi connectivity index (χ0) is 23.7. The maximum absolute atomic E-state index is 13.8. The standard InChI is InChI=1S/C26H35N3O5/c30-16-8-7-15-29-22(24(32)28-18-11-5-2-6-12-18)26-14-13-19(34-26)20(21(26)25(29)33)23(31)27-17-9-3-1-4-10-17/h1,3-4,9-10,18-22,30H,2,5-8,11-16H2,(H,27,31)(H,28,32)/t19-,20+,21-,22?,26?/m0/s1. The quantitative estimate of drug-likeness (QED) is 0.506. The number of benzene rings is 1. The molecular weight excluding hydrogens is 434 g/mol. The summed E-state index contributed by atoms with van der Waals surface area (Å²) in [4.78, 5) is 42.4. The van der Waals surface area contributed by atoms with Crippen LogP contribution in [-0.4, -0.2) is 64.7 Å². The second-order valence-corrected chi connectivity index (χ2v) is 10.2. The minimum Gasteiger partial charge on any atom is -0.396 e. The van der Waals surface area contributed by atoms with E-state index in [1.807, 2.05) is 30.3 Å². The zero-order valence-corrected chi connectivity index (χ0v) is 19.6. The Morgan fingerprint density at radius 1 is 1.06 bits per heavy atom. The van der Waals surface area contributed by atoms with Gasteiger partial charge in [-0.15, -0.1) is 0 Å². The predicted molar refractivity (Wildman–Crippen MR) is 126 cm³/mol. The van der Waals surface area contributed by atoms with E-state index in [2.05, 4.69) is 10.6 Å². The maximum Gasteiger partial charge on any atom is 0.246 e. The second kappa shape index (κ2) is 9.66. The van der Waals surface area contributed by atoms with Gasteiger partial charge in [0.25, 0.3) is 0 Å². The van der Waals surface area contributed by atoms with Gasteiger partial charge in [-0.3, -0.25) is 14.4 Å². The SMILES string of the molecule is O=C(NC1CCCCC1)C1N(CCCCO)C(=O)[C@@H]2[C@H](C(=O)Nc3ccccc3)[C@@H]3CCC12O3. The van der Waals surface area contributed by atoms with Gasteiger partial charge >= 0.3 is 0 Å². The van der Waals surface area contributed by atoms with E-state index in [1.165, 1.54) is 6.42 Å². The molecule has 3 amide bonds. The third kappa shape index (κ3) is 4.01. The van der Waals surface area contributed by atoms with E-state index in [0.717, 1.165) is 25.7 Å². The van der Waals surface area contributed by atoms with Crippen molar-refractivity contribution < 1.29 is 24.2 Å². The van der Waals surface area contributed by atoms with Gasteiger partial charge in [0.1, 0.15) is 11.6 Å². The summed E-state index contributed by atoms with van der Waals surface area (Å²) in [7, 11) is 0. The molecule has 1 saturated carbocycles. The average Bonchev–Trinajstić information content (AvgIpc) is 3.48. The van der Waals surface area contributed by atoms with E-state index < -0.39 is 23.5 Å². The van der Waals surface area contributed by atoms with Crippen molar-refractivity contribution in [1.29, 1.82) is 0 Å².